The molecule has 0 unspecified atom stereocenters. The van der Waals surface area contributed by atoms with Crippen molar-refractivity contribution in [2.24, 2.45) is 0 Å². The van der Waals surface area contributed by atoms with Gasteiger partial charge in [-0.25, -0.2) is 0 Å². The van der Waals surface area contributed by atoms with Crippen molar-refractivity contribution < 1.29 is 18.0 Å². The third kappa shape index (κ3) is 5.01. The second kappa shape index (κ2) is 7.38. The Morgan fingerprint density at radius 1 is 1.04 bits per heavy atom. The Hall–Kier alpha value is -2.50. The number of benzene rings is 2. The molecule has 0 fully saturated rings. The molecule has 0 spiro atoms. The number of hydrogen-bond donors (Lipinski definition) is 1. The zero-order chi connectivity index (χ0) is 17.7. The highest BCUT2D eigenvalue weighted by molar-refractivity contribution is 5.78. The summed E-state index contributed by atoms with van der Waals surface area (Å²) < 4.78 is 38.0. The van der Waals surface area contributed by atoms with E-state index >= 15 is 0 Å². The molecule has 1 N–H and O–H groups in total. The number of hydrogen-bond acceptors (Lipinski definition) is 2. The summed E-state index contributed by atoms with van der Waals surface area (Å²) in [4.78, 5) is 13.9. The Kier molecular flexibility index (Phi) is 5.49. The quantitative estimate of drug-likeness (QED) is 0.904. The highest BCUT2D eigenvalue weighted by atomic mass is 19.4. The molecule has 0 saturated carbocycles. The number of nitrogens with one attached hydrogen (secondary N) is 1. The summed E-state index contributed by atoms with van der Waals surface area (Å²) in [6.45, 7) is 0.339. The van der Waals surface area contributed by atoms with Crippen molar-refractivity contribution in [1.29, 1.82) is 0 Å². The van der Waals surface area contributed by atoms with Gasteiger partial charge >= 0.3 is 6.18 Å². The molecule has 0 aliphatic carbocycles. The minimum absolute atomic E-state index is 0.0836. The lowest BCUT2D eigenvalue weighted by Crippen LogP contribution is -2.24. The lowest BCUT2D eigenvalue weighted by Gasteiger charge is -2.13. The van der Waals surface area contributed by atoms with Crippen LogP contribution in [0.25, 0.3) is 0 Å². The molecule has 0 aliphatic heterocycles. The Balaban J connectivity index is 1.92. The molecule has 0 radical (unpaired) electrons. The molecule has 128 valence electrons. The number of alkyl halides is 3. The Labute approximate surface area is 139 Å². The molecule has 2 aromatic carbocycles. The second-order valence-electron chi connectivity index (χ2n) is 5.71. The van der Waals surface area contributed by atoms with Crippen molar-refractivity contribution >= 4 is 11.6 Å². The smallest absolute Gasteiger partial charge is 0.378 e. The summed E-state index contributed by atoms with van der Waals surface area (Å²) in [5, 5.41) is 2.72. The molecular formula is C18H19F3N2O. The lowest BCUT2D eigenvalue weighted by atomic mass is 10.1. The van der Waals surface area contributed by atoms with Crippen LogP contribution >= 0.6 is 0 Å². The molecule has 0 saturated heterocycles. The van der Waals surface area contributed by atoms with Crippen molar-refractivity contribution in [1.82, 2.24) is 5.32 Å². The van der Waals surface area contributed by atoms with E-state index in [2.05, 4.69) is 5.32 Å². The Morgan fingerprint density at radius 3 is 2.29 bits per heavy atom. The van der Waals surface area contributed by atoms with Crippen molar-refractivity contribution in [2.45, 2.75) is 19.1 Å². The molecule has 2 rings (SSSR count). The van der Waals surface area contributed by atoms with Gasteiger partial charge in [0.15, 0.2) is 0 Å². The summed E-state index contributed by atoms with van der Waals surface area (Å²) in [6.07, 6.45) is -4.49. The van der Waals surface area contributed by atoms with E-state index in [1.54, 1.807) is 0 Å². The molecular weight excluding hydrogens is 317 g/mol. The normalized spacial score (nSPS) is 11.2. The van der Waals surface area contributed by atoms with Crippen LogP contribution in [0, 0.1) is 0 Å². The molecule has 24 heavy (non-hydrogen) atoms. The van der Waals surface area contributed by atoms with Crippen LogP contribution < -0.4 is 10.2 Å². The van der Waals surface area contributed by atoms with E-state index in [0.29, 0.717) is 12.1 Å². The van der Waals surface area contributed by atoms with Gasteiger partial charge in [0.25, 0.3) is 0 Å². The summed E-state index contributed by atoms with van der Waals surface area (Å²) in [7, 11) is 3.87. The SMILES string of the molecule is CN(C)c1ccc(CNC(=O)Cc2cccc(C(F)(F)F)c2)cc1. The van der Waals surface area contributed by atoms with E-state index in [1.165, 1.54) is 12.1 Å². The topological polar surface area (TPSA) is 32.3 Å². The maximum atomic E-state index is 12.7. The van der Waals surface area contributed by atoms with Gasteiger partial charge in [0.2, 0.25) is 5.91 Å². The number of anilines is 1. The van der Waals surface area contributed by atoms with Crippen molar-refractivity contribution in [3.8, 4) is 0 Å². The van der Waals surface area contributed by atoms with Gasteiger partial charge < -0.3 is 10.2 Å². The van der Waals surface area contributed by atoms with Gasteiger partial charge in [-0.1, -0.05) is 30.3 Å². The molecule has 6 heteroatoms. The molecule has 0 bridgehead atoms. The lowest BCUT2D eigenvalue weighted by molar-refractivity contribution is -0.137. The predicted molar refractivity (Wildman–Crippen MR) is 87.8 cm³/mol. The molecule has 0 heterocycles. The zero-order valence-corrected chi connectivity index (χ0v) is 13.5. The van der Waals surface area contributed by atoms with Crippen LogP contribution in [0.15, 0.2) is 48.5 Å². The summed E-state index contributed by atoms with van der Waals surface area (Å²) in [6, 6.07) is 12.5. The maximum absolute atomic E-state index is 12.7. The average molecular weight is 336 g/mol. The van der Waals surface area contributed by atoms with E-state index in [9.17, 15) is 18.0 Å². The third-order valence-electron chi connectivity index (χ3n) is 3.56. The van der Waals surface area contributed by atoms with E-state index in [-0.39, 0.29) is 12.3 Å². The van der Waals surface area contributed by atoms with Gasteiger partial charge in [-0.2, -0.15) is 13.2 Å². The van der Waals surface area contributed by atoms with Crippen LogP contribution in [0.5, 0.6) is 0 Å². The first-order valence-electron chi connectivity index (χ1n) is 7.45. The molecule has 0 aliphatic rings. The predicted octanol–water partition coefficient (Wildman–Crippen LogP) is 3.63. The number of carbonyl (C=O) groups excluding carboxylic acids is 1. The highest BCUT2D eigenvalue weighted by Gasteiger charge is 2.30. The Bertz CT molecular complexity index is 694. The van der Waals surface area contributed by atoms with E-state index in [0.717, 1.165) is 23.4 Å². The summed E-state index contributed by atoms with van der Waals surface area (Å²) in [5.74, 6) is -0.314. The van der Waals surface area contributed by atoms with Gasteiger partial charge in [-0.15, -0.1) is 0 Å². The van der Waals surface area contributed by atoms with Crippen molar-refractivity contribution in [3.63, 3.8) is 0 Å². The minimum Gasteiger partial charge on any atom is -0.378 e. The van der Waals surface area contributed by atoms with Crippen LogP contribution in [0.1, 0.15) is 16.7 Å². The van der Waals surface area contributed by atoms with Gasteiger partial charge in [-0.3, -0.25) is 4.79 Å². The molecule has 2 aromatic rings. The summed E-state index contributed by atoms with van der Waals surface area (Å²) >= 11 is 0. The van der Waals surface area contributed by atoms with Gasteiger partial charge in [0, 0.05) is 26.3 Å². The first-order valence-corrected chi connectivity index (χ1v) is 7.45. The first kappa shape index (κ1) is 17.8. The fourth-order valence-electron chi connectivity index (χ4n) is 2.22. The molecule has 3 nitrogen and oxygen atoms in total. The maximum Gasteiger partial charge on any atom is 0.416 e. The monoisotopic (exact) mass is 336 g/mol. The van der Waals surface area contributed by atoms with Crippen molar-refractivity contribution in [3.05, 3.63) is 65.2 Å². The van der Waals surface area contributed by atoms with Crippen molar-refractivity contribution in [2.75, 3.05) is 19.0 Å². The van der Waals surface area contributed by atoms with Gasteiger partial charge in [-0.05, 0) is 29.3 Å². The number of nitrogens with zero attached hydrogens (tertiary/aromatic N) is 1. The van der Waals surface area contributed by atoms with Crippen LogP contribution in [0.3, 0.4) is 0 Å². The fraction of sp³-hybridized carbons (Fsp3) is 0.278. The largest absolute Gasteiger partial charge is 0.416 e. The van der Waals surface area contributed by atoms with E-state index in [4.69, 9.17) is 0 Å². The zero-order valence-electron chi connectivity index (χ0n) is 13.5. The second-order valence-corrected chi connectivity index (χ2v) is 5.71. The first-order chi connectivity index (χ1) is 11.3. The Morgan fingerprint density at radius 2 is 1.71 bits per heavy atom. The molecule has 0 atom stereocenters. The van der Waals surface area contributed by atoms with Crippen LogP contribution in [-0.4, -0.2) is 20.0 Å². The van der Waals surface area contributed by atoms with Crippen LogP contribution in [0.4, 0.5) is 18.9 Å². The number of carbonyl (C=O) groups is 1. The van der Waals surface area contributed by atoms with Crippen LogP contribution in [-0.2, 0) is 23.9 Å². The average Bonchev–Trinajstić information content (AvgIpc) is 2.53. The third-order valence-corrected chi connectivity index (χ3v) is 3.56. The summed E-state index contributed by atoms with van der Waals surface area (Å²) in [5.41, 5.74) is 1.57. The number of amides is 1. The molecule has 0 aromatic heterocycles. The van der Waals surface area contributed by atoms with Gasteiger partial charge in [0.1, 0.15) is 0 Å². The van der Waals surface area contributed by atoms with Crippen LogP contribution in [0.2, 0.25) is 0 Å². The number of halogens is 3. The standard InChI is InChI=1S/C18H19F3N2O/c1-23(2)16-8-6-13(7-9-16)12-22-17(24)11-14-4-3-5-15(10-14)18(19,20)21/h3-10H,11-12H2,1-2H3,(H,22,24). The van der Waals surface area contributed by atoms with E-state index in [1.807, 2.05) is 43.3 Å². The highest BCUT2D eigenvalue weighted by Crippen LogP contribution is 2.29. The minimum atomic E-state index is -4.40. The number of rotatable bonds is 5. The van der Waals surface area contributed by atoms with Gasteiger partial charge in [0.05, 0.1) is 12.0 Å². The van der Waals surface area contributed by atoms with E-state index < -0.39 is 11.7 Å². The molecule has 1 amide bonds. The fourth-order valence-corrected chi connectivity index (χ4v) is 2.22.